The van der Waals surface area contributed by atoms with Gasteiger partial charge in [-0.25, -0.2) is 18.2 Å². The zero-order valence-electron chi connectivity index (χ0n) is 7.22. The molecule has 1 aromatic heterocycles. The largest absolute Gasteiger partial charge is 0.351 e. The van der Waals surface area contributed by atoms with Gasteiger partial charge in [0.2, 0.25) is 5.28 Å². The molecular formula is C7H7ClF3N3. The van der Waals surface area contributed by atoms with E-state index in [0.717, 1.165) is 11.1 Å². The SMILES string of the molecule is CN(CC(F)F)c1nc(Cl)ncc1F. The van der Waals surface area contributed by atoms with Gasteiger partial charge < -0.3 is 4.90 Å². The van der Waals surface area contributed by atoms with Crippen LogP contribution in [0.25, 0.3) is 0 Å². The number of hydrogen-bond donors (Lipinski definition) is 0. The third kappa shape index (κ3) is 2.73. The molecule has 0 N–H and O–H groups in total. The van der Waals surface area contributed by atoms with Crippen LogP contribution in [-0.4, -0.2) is 30.0 Å². The van der Waals surface area contributed by atoms with Gasteiger partial charge >= 0.3 is 0 Å². The van der Waals surface area contributed by atoms with E-state index < -0.39 is 18.8 Å². The lowest BCUT2D eigenvalue weighted by Gasteiger charge is -2.17. The smallest absolute Gasteiger partial charge is 0.255 e. The Morgan fingerprint density at radius 1 is 1.57 bits per heavy atom. The number of anilines is 1. The molecule has 0 saturated heterocycles. The lowest BCUT2D eigenvalue weighted by molar-refractivity contribution is 0.156. The van der Waals surface area contributed by atoms with E-state index >= 15 is 0 Å². The molecule has 78 valence electrons. The molecule has 0 spiro atoms. The molecule has 0 atom stereocenters. The molecule has 1 rings (SSSR count). The van der Waals surface area contributed by atoms with E-state index in [1.807, 2.05) is 0 Å². The lowest BCUT2D eigenvalue weighted by Crippen LogP contribution is -2.26. The number of halogens is 4. The number of hydrogen-bond acceptors (Lipinski definition) is 3. The van der Waals surface area contributed by atoms with Crippen LogP contribution < -0.4 is 4.90 Å². The van der Waals surface area contributed by atoms with Crippen LogP contribution in [0.1, 0.15) is 0 Å². The fraction of sp³-hybridized carbons (Fsp3) is 0.429. The molecule has 0 radical (unpaired) electrons. The minimum Gasteiger partial charge on any atom is -0.351 e. The molecule has 0 amide bonds. The molecule has 0 aliphatic rings. The highest BCUT2D eigenvalue weighted by molar-refractivity contribution is 6.28. The van der Waals surface area contributed by atoms with Crippen LogP contribution in [-0.2, 0) is 0 Å². The first-order valence-electron chi connectivity index (χ1n) is 3.68. The Morgan fingerprint density at radius 3 is 2.79 bits per heavy atom. The maximum Gasteiger partial charge on any atom is 0.255 e. The number of aromatic nitrogens is 2. The standard InChI is InChI=1S/C7H7ClF3N3/c1-14(3-5(10)11)6-4(9)2-12-7(8)13-6/h2,5H,3H2,1H3. The molecule has 7 heteroatoms. The zero-order chi connectivity index (χ0) is 10.7. The summed E-state index contributed by atoms with van der Waals surface area (Å²) in [5.74, 6) is -1.01. The Balaban J connectivity index is 2.88. The third-order valence-corrected chi connectivity index (χ3v) is 1.65. The second kappa shape index (κ2) is 4.45. The molecule has 0 fully saturated rings. The molecule has 14 heavy (non-hydrogen) atoms. The van der Waals surface area contributed by atoms with Gasteiger partial charge in [0.15, 0.2) is 11.6 Å². The van der Waals surface area contributed by atoms with Crippen LogP contribution in [0.2, 0.25) is 5.28 Å². The Morgan fingerprint density at radius 2 is 2.21 bits per heavy atom. The van der Waals surface area contributed by atoms with Crippen LogP contribution in [0, 0.1) is 5.82 Å². The molecule has 0 bridgehead atoms. The summed E-state index contributed by atoms with van der Waals surface area (Å²) in [6.07, 6.45) is -1.72. The molecule has 0 saturated carbocycles. The Hall–Kier alpha value is -1.04. The van der Waals surface area contributed by atoms with Crippen molar-refractivity contribution in [3.63, 3.8) is 0 Å². The summed E-state index contributed by atoms with van der Waals surface area (Å²) in [5, 5.41) is -0.178. The van der Waals surface area contributed by atoms with Gasteiger partial charge in [-0.05, 0) is 11.6 Å². The van der Waals surface area contributed by atoms with E-state index in [-0.39, 0.29) is 11.1 Å². The molecule has 3 nitrogen and oxygen atoms in total. The van der Waals surface area contributed by atoms with Crippen molar-refractivity contribution in [1.82, 2.24) is 9.97 Å². The van der Waals surface area contributed by atoms with Gasteiger partial charge in [0, 0.05) is 7.05 Å². The van der Waals surface area contributed by atoms with E-state index in [9.17, 15) is 13.2 Å². The molecule has 1 heterocycles. The van der Waals surface area contributed by atoms with Gasteiger partial charge in [-0.15, -0.1) is 0 Å². The predicted molar refractivity (Wildman–Crippen MR) is 46.3 cm³/mol. The van der Waals surface area contributed by atoms with E-state index in [4.69, 9.17) is 11.6 Å². The fourth-order valence-corrected chi connectivity index (χ4v) is 1.03. The Bertz CT molecular complexity index is 321. The van der Waals surface area contributed by atoms with Crippen LogP contribution in [0.3, 0.4) is 0 Å². The topological polar surface area (TPSA) is 29.0 Å². The quantitative estimate of drug-likeness (QED) is 0.737. The van der Waals surface area contributed by atoms with Gasteiger partial charge in [-0.2, -0.15) is 4.98 Å². The summed E-state index contributed by atoms with van der Waals surface area (Å²) in [5.41, 5.74) is 0. The second-order valence-corrected chi connectivity index (χ2v) is 2.92. The average molecular weight is 226 g/mol. The minimum atomic E-state index is -2.56. The monoisotopic (exact) mass is 225 g/mol. The summed E-state index contributed by atoms with van der Waals surface area (Å²) in [6, 6.07) is 0. The van der Waals surface area contributed by atoms with E-state index in [1.165, 1.54) is 7.05 Å². The molecule has 0 aromatic carbocycles. The van der Waals surface area contributed by atoms with Crippen molar-refractivity contribution >= 4 is 17.4 Å². The highest BCUT2D eigenvalue weighted by Gasteiger charge is 2.14. The number of alkyl halides is 2. The van der Waals surface area contributed by atoms with E-state index in [0.29, 0.717) is 0 Å². The summed E-state index contributed by atoms with van der Waals surface area (Å²) >= 11 is 5.39. The minimum absolute atomic E-state index is 0.178. The molecule has 0 aliphatic carbocycles. The first-order valence-corrected chi connectivity index (χ1v) is 4.06. The van der Waals surface area contributed by atoms with Crippen molar-refractivity contribution in [2.24, 2.45) is 0 Å². The Labute approximate surface area is 83.5 Å². The average Bonchev–Trinajstić information content (AvgIpc) is 2.08. The van der Waals surface area contributed by atoms with Crippen LogP contribution >= 0.6 is 11.6 Å². The van der Waals surface area contributed by atoms with E-state index in [2.05, 4.69) is 9.97 Å². The van der Waals surface area contributed by atoms with Gasteiger partial charge in [-0.1, -0.05) is 0 Å². The van der Waals surface area contributed by atoms with Crippen molar-refractivity contribution in [1.29, 1.82) is 0 Å². The van der Waals surface area contributed by atoms with Crippen molar-refractivity contribution in [3.05, 3.63) is 17.3 Å². The van der Waals surface area contributed by atoms with Crippen molar-refractivity contribution in [2.45, 2.75) is 6.43 Å². The van der Waals surface area contributed by atoms with Crippen LogP contribution in [0.15, 0.2) is 6.20 Å². The Kier molecular flexibility index (Phi) is 3.51. The second-order valence-electron chi connectivity index (χ2n) is 2.58. The molecule has 0 unspecified atom stereocenters. The lowest BCUT2D eigenvalue weighted by atomic mass is 10.5. The van der Waals surface area contributed by atoms with Gasteiger partial charge in [0.05, 0.1) is 12.7 Å². The van der Waals surface area contributed by atoms with Gasteiger partial charge in [0.25, 0.3) is 6.43 Å². The first kappa shape index (κ1) is 11.0. The van der Waals surface area contributed by atoms with Crippen molar-refractivity contribution in [2.75, 3.05) is 18.5 Å². The van der Waals surface area contributed by atoms with Gasteiger partial charge in [0.1, 0.15) is 0 Å². The first-order chi connectivity index (χ1) is 6.50. The predicted octanol–water partition coefficient (Wildman–Crippen LogP) is 1.97. The highest BCUT2D eigenvalue weighted by atomic mass is 35.5. The molecule has 0 aliphatic heterocycles. The summed E-state index contributed by atoms with van der Waals surface area (Å²) in [6.45, 7) is -0.607. The van der Waals surface area contributed by atoms with E-state index in [1.54, 1.807) is 0 Å². The van der Waals surface area contributed by atoms with Crippen LogP contribution in [0.5, 0.6) is 0 Å². The summed E-state index contributed by atoms with van der Waals surface area (Å²) < 4.78 is 36.9. The third-order valence-electron chi connectivity index (χ3n) is 1.47. The summed E-state index contributed by atoms with van der Waals surface area (Å²) in [4.78, 5) is 7.84. The van der Waals surface area contributed by atoms with Crippen LogP contribution in [0.4, 0.5) is 19.0 Å². The van der Waals surface area contributed by atoms with Crippen molar-refractivity contribution < 1.29 is 13.2 Å². The maximum atomic E-state index is 13.0. The number of nitrogens with zero attached hydrogens (tertiary/aromatic N) is 3. The maximum absolute atomic E-state index is 13.0. The summed E-state index contributed by atoms with van der Waals surface area (Å²) in [7, 11) is 1.30. The zero-order valence-corrected chi connectivity index (χ0v) is 7.97. The number of rotatable bonds is 3. The van der Waals surface area contributed by atoms with Gasteiger partial charge in [-0.3, -0.25) is 0 Å². The van der Waals surface area contributed by atoms with Crippen molar-refractivity contribution in [3.8, 4) is 0 Å². The fourth-order valence-electron chi connectivity index (χ4n) is 0.899. The molecule has 1 aromatic rings. The highest BCUT2D eigenvalue weighted by Crippen LogP contribution is 2.16. The molecular weight excluding hydrogens is 219 g/mol. The normalized spacial score (nSPS) is 10.7.